The van der Waals surface area contributed by atoms with Crippen molar-refractivity contribution in [3.05, 3.63) is 60.3 Å². The molecule has 1 amide bonds. The van der Waals surface area contributed by atoms with Crippen LogP contribution in [-0.4, -0.2) is 49.2 Å². The Morgan fingerprint density at radius 2 is 1.67 bits per heavy atom. The molecule has 7 heteroatoms. The molecule has 3 rings (SSSR count). The van der Waals surface area contributed by atoms with Gasteiger partial charge in [0.1, 0.15) is 18.0 Å². The molecule has 3 aromatic rings. The highest BCUT2D eigenvalue weighted by atomic mass is 16.5. The number of benzene rings is 2. The SMILES string of the molecule is COC(=O)CN(Cc1cc(OC)cc(OC)c1)C(=O)CCn1ccc2ccccc21. The lowest BCUT2D eigenvalue weighted by Gasteiger charge is -2.22. The predicted molar refractivity (Wildman–Crippen MR) is 114 cm³/mol. The molecule has 30 heavy (non-hydrogen) atoms. The number of nitrogens with zero attached hydrogens (tertiary/aromatic N) is 2. The zero-order valence-electron chi connectivity index (χ0n) is 17.5. The fraction of sp³-hybridized carbons (Fsp3) is 0.304. The maximum atomic E-state index is 13.0. The molecule has 0 saturated carbocycles. The Morgan fingerprint density at radius 3 is 2.33 bits per heavy atom. The predicted octanol–water partition coefficient (Wildman–Crippen LogP) is 3.25. The highest BCUT2D eigenvalue weighted by molar-refractivity contribution is 5.83. The number of aromatic nitrogens is 1. The van der Waals surface area contributed by atoms with E-state index < -0.39 is 5.97 Å². The van der Waals surface area contributed by atoms with E-state index in [1.807, 2.05) is 53.2 Å². The third-order valence-corrected chi connectivity index (χ3v) is 4.93. The van der Waals surface area contributed by atoms with Crippen molar-refractivity contribution in [3.8, 4) is 11.5 Å². The molecule has 0 bridgehead atoms. The van der Waals surface area contributed by atoms with Crippen molar-refractivity contribution < 1.29 is 23.8 Å². The molecular formula is C23H26N2O5. The van der Waals surface area contributed by atoms with Crippen molar-refractivity contribution >= 4 is 22.8 Å². The smallest absolute Gasteiger partial charge is 0.325 e. The summed E-state index contributed by atoms with van der Waals surface area (Å²) in [6, 6.07) is 15.4. The van der Waals surface area contributed by atoms with Crippen molar-refractivity contribution in [1.82, 2.24) is 9.47 Å². The number of para-hydroxylation sites is 1. The van der Waals surface area contributed by atoms with Crippen LogP contribution in [0.4, 0.5) is 0 Å². The van der Waals surface area contributed by atoms with Gasteiger partial charge in [0.15, 0.2) is 0 Å². The molecule has 7 nitrogen and oxygen atoms in total. The minimum absolute atomic E-state index is 0.124. The van der Waals surface area contributed by atoms with Gasteiger partial charge in [-0.3, -0.25) is 9.59 Å². The summed E-state index contributed by atoms with van der Waals surface area (Å²) in [7, 11) is 4.44. The summed E-state index contributed by atoms with van der Waals surface area (Å²) in [5.41, 5.74) is 1.87. The Bertz CT molecular complexity index is 1010. The standard InChI is InChI=1S/C23H26N2O5/c1-28-19-12-17(13-20(14-19)29-2)15-25(16-23(27)30-3)22(26)9-11-24-10-8-18-6-4-5-7-21(18)24/h4-8,10,12-14H,9,11,15-16H2,1-3H3. The number of hydrogen-bond donors (Lipinski definition) is 0. The van der Waals surface area contributed by atoms with Crippen LogP contribution in [0.5, 0.6) is 11.5 Å². The van der Waals surface area contributed by atoms with E-state index in [0.29, 0.717) is 18.0 Å². The minimum atomic E-state index is -0.468. The van der Waals surface area contributed by atoms with E-state index in [4.69, 9.17) is 14.2 Å². The van der Waals surface area contributed by atoms with Crippen molar-refractivity contribution in [1.29, 1.82) is 0 Å². The van der Waals surface area contributed by atoms with Crippen LogP contribution < -0.4 is 9.47 Å². The van der Waals surface area contributed by atoms with E-state index in [1.54, 1.807) is 20.3 Å². The molecule has 158 valence electrons. The van der Waals surface area contributed by atoms with Crippen molar-refractivity contribution in [3.63, 3.8) is 0 Å². The van der Waals surface area contributed by atoms with Crippen LogP contribution in [0.1, 0.15) is 12.0 Å². The van der Waals surface area contributed by atoms with Gasteiger partial charge in [0.2, 0.25) is 5.91 Å². The van der Waals surface area contributed by atoms with Crippen molar-refractivity contribution in [2.45, 2.75) is 19.5 Å². The Hall–Kier alpha value is -3.48. The molecule has 0 fully saturated rings. The summed E-state index contributed by atoms with van der Waals surface area (Å²) in [5, 5.41) is 1.12. The number of fused-ring (bicyclic) bond motifs is 1. The van der Waals surface area contributed by atoms with E-state index in [-0.39, 0.29) is 25.4 Å². The summed E-state index contributed by atoms with van der Waals surface area (Å²) in [6.45, 7) is 0.640. The second-order valence-corrected chi connectivity index (χ2v) is 6.86. The van der Waals surface area contributed by atoms with Crippen molar-refractivity contribution in [2.75, 3.05) is 27.9 Å². The van der Waals surface area contributed by atoms with Gasteiger partial charge in [0, 0.05) is 37.3 Å². The van der Waals surface area contributed by atoms with Gasteiger partial charge < -0.3 is 23.7 Å². The van der Waals surface area contributed by atoms with Crippen LogP contribution in [0.3, 0.4) is 0 Å². The third-order valence-electron chi connectivity index (χ3n) is 4.93. The first-order valence-corrected chi connectivity index (χ1v) is 9.64. The average molecular weight is 410 g/mol. The highest BCUT2D eigenvalue weighted by Gasteiger charge is 2.19. The number of hydrogen-bond acceptors (Lipinski definition) is 5. The Kier molecular flexibility index (Phi) is 6.95. The van der Waals surface area contributed by atoms with E-state index in [0.717, 1.165) is 16.5 Å². The van der Waals surface area contributed by atoms with Gasteiger partial charge in [0.05, 0.1) is 21.3 Å². The van der Waals surface area contributed by atoms with Gasteiger partial charge in [-0.2, -0.15) is 0 Å². The molecule has 0 aliphatic carbocycles. The molecule has 0 saturated heterocycles. The van der Waals surface area contributed by atoms with Gasteiger partial charge in [-0.05, 0) is 35.2 Å². The summed E-state index contributed by atoms with van der Waals surface area (Å²) in [4.78, 5) is 26.4. The van der Waals surface area contributed by atoms with Crippen LogP contribution in [0.25, 0.3) is 10.9 Å². The van der Waals surface area contributed by atoms with E-state index in [9.17, 15) is 9.59 Å². The number of aryl methyl sites for hydroxylation is 1. The summed E-state index contributed by atoms with van der Waals surface area (Å²) >= 11 is 0. The first kappa shape index (κ1) is 21.2. The summed E-state index contributed by atoms with van der Waals surface area (Å²) in [6.07, 6.45) is 2.23. The monoisotopic (exact) mass is 410 g/mol. The normalized spacial score (nSPS) is 10.6. The Morgan fingerprint density at radius 1 is 0.967 bits per heavy atom. The van der Waals surface area contributed by atoms with Gasteiger partial charge >= 0.3 is 5.97 Å². The first-order chi connectivity index (χ1) is 14.5. The van der Waals surface area contributed by atoms with Gasteiger partial charge in [-0.15, -0.1) is 0 Å². The molecule has 0 spiro atoms. The largest absolute Gasteiger partial charge is 0.497 e. The molecule has 0 radical (unpaired) electrons. The van der Waals surface area contributed by atoms with E-state index in [1.165, 1.54) is 12.0 Å². The maximum Gasteiger partial charge on any atom is 0.325 e. The van der Waals surface area contributed by atoms with E-state index in [2.05, 4.69) is 0 Å². The number of amides is 1. The van der Waals surface area contributed by atoms with E-state index >= 15 is 0 Å². The lowest BCUT2D eigenvalue weighted by molar-refractivity contribution is -0.147. The summed E-state index contributed by atoms with van der Waals surface area (Å²) in [5.74, 6) is 0.631. The number of ether oxygens (including phenoxy) is 3. The zero-order valence-corrected chi connectivity index (χ0v) is 17.5. The maximum absolute atomic E-state index is 13.0. The molecule has 2 aromatic carbocycles. The zero-order chi connectivity index (χ0) is 21.5. The minimum Gasteiger partial charge on any atom is -0.497 e. The van der Waals surface area contributed by atoms with Crippen LogP contribution in [0.2, 0.25) is 0 Å². The average Bonchev–Trinajstić information content (AvgIpc) is 3.19. The lowest BCUT2D eigenvalue weighted by Crippen LogP contribution is -2.36. The molecule has 1 aromatic heterocycles. The molecule has 0 aliphatic rings. The second-order valence-electron chi connectivity index (χ2n) is 6.86. The topological polar surface area (TPSA) is 70.0 Å². The fourth-order valence-corrected chi connectivity index (χ4v) is 3.34. The van der Waals surface area contributed by atoms with Crippen LogP contribution >= 0.6 is 0 Å². The van der Waals surface area contributed by atoms with Gasteiger partial charge in [-0.1, -0.05) is 18.2 Å². The van der Waals surface area contributed by atoms with Crippen LogP contribution in [0, 0.1) is 0 Å². The number of carbonyl (C=O) groups is 2. The molecule has 0 aliphatic heterocycles. The number of rotatable bonds is 9. The third kappa shape index (κ3) is 5.11. The van der Waals surface area contributed by atoms with Crippen molar-refractivity contribution in [2.24, 2.45) is 0 Å². The number of methoxy groups -OCH3 is 3. The second kappa shape index (κ2) is 9.82. The number of esters is 1. The molecule has 0 unspecified atom stereocenters. The molecule has 0 atom stereocenters. The quantitative estimate of drug-likeness (QED) is 0.507. The lowest BCUT2D eigenvalue weighted by atomic mass is 10.1. The Labute approximate surface area is 175 Å². The van der Waals surface area contributed by atoms with Crippen LogP contribution in [0.15, 0.2) is 54.7 Å². The molecule has 1 heterocycles. The van der Waals surface area contributed by atoms with Crippen LogP contribution in [-0.2, 0) is 27.4 Å². The Balaban J connectivity index is 1.75. The highest BCUT2D eigenvalue weighted by Crippen LogP contribution is 2.24. The molecule has 0 N–H and O–H groups in total. The molecular weight excluding hydrogens is 384 g/mol. The fourth-order valence-electron chi connectivity index (χ4n) is 3.34. The summed E-state index contributed by atoms with van der Waals surface area (Å²) < 4.78 is 17.4. The first-order valence-electron chi connectivity index (χ1n) is 9.64. The number of carbonyl (C=O) groups excluding carboxylic acids is 2. The van der Waals surface area contributed by atoms with Gasteiger partial charge in [0.25, 0.3) is 0 Å². The van der Waals surface area contributed by atoms with Gasteiger partial charge in [-0.25, -0.2) is 0 Å².